The SMILES string of the molecule is O=C(/C=C/c1ccc(CN(CC2CCCO2)C(=O)NC(=O)c2ccccc2)cc1)NO. The number of hydrogen-bond acceptors (Lipinski definition) is 5. The summed E-state index contributed by atoms with van der Waals surface area (Å²) < 4.78 is 5.67. The quantitative estimate of drug-likeness (QED) is 0.361. The summed E-state index contributed by atoms with van der Waals surface area (Å²) in [5, 5.41) is 11.0. The molecular formula is C23H25N3O5. The lowest BCUT2D eigenvalue weighted by atomic mass is 10.1. The van der Waals surface area contributed by atoms with Crippen molar-refractivity contribution in [3.8, 4) is 0 Å². The highest BCUT2D eigenvalue weighted by molar-refractivity contribution is 6.04. The lowest BCUT2D eigenvalue weighted by Crippen LogP contribution is -2.45. The molecule has 1 aliphatic heterocycles. The molecule has 0 saturated carbocycles. The average Bonchev–Trinajstić information content (AvgIpc) is 3.31. The maximum Gasteiger partial charge on any atom is 0.324 e. The van der Waals surface area contributed by atoms with E-state index in [0.29, 0.717) is 25.3 Å². The second-order valence-corrected chi connectivity index (χ2v) is 7.19. The van der Waals surface area contributed by atoms with Gasteiger partial charge in [-0.15, -0.1) is 0 Å². The van der Waals surface area contributed by atoms with Gasteiger partial charge in [0.25, 0.3) is 11.8 Å². The van der Waals surface area contributed by atoms with Crippen LogP contribution in [0.1, 0.15) is 34.3 Å². The van der Waals surface area contributed by atoms with E-state index in [2.05, 4.69) is 5.32 Å². The first-order valence-corrected chi connectivity index (χ1v) is 10.0. The van der Waals surface area contributed by atoms with E-state index in [1.807, 2.05) is 12.1 Å². The number of amides is 4. The first kappa shape index (κ1) is 22.2. The maximum absolute atomic E-state index is 12.9. The molecule has 1 saturated heterocycles. The number of benzene rings is 2. The van der Waals surface area contributed by atoms with Gasteiger partial charge in [0.15, 0.2) is 0 Å². The number of ether oxygens (including phenoxy) is 1. The normalized spacial score (nSPS) is 15.6. The monoisotopic (exact) mass is 423 g/mol. The second-order valence-electron chi connectivity index (χ2n) is 7.19. The molecule has 3 N–H and O–H groups in total. The smallest absolute Gasteiger partial charge is 0.324 e. The van der Waals surface area contributed by atoms with Gasteiger partial charge in [-0.25, -0.2) is 10.3 Å². The van der Waals surface area contributed by atoms with E-state index in [-0.39, 0.29) is 6.10 Å². The van der Waals surface area contributed by atoms with Gasteiger partial charge in [0.2, 0.25) is 0 Å². The summed E-state index contributed by atoms with van der Waals surface area (Å²) in [5.41, 5.74) is 3.57. The molecule has 8 nitrogen and oxygen atoms in total. The predicted octanol–water partition coefficient (Wildman–Crippen LogP) is 2.74. The van der Waals surface area contributed by atoms with E-state index in [0.717, 1.165) is 24.0 Å². The van der Waals surface area contributed by atoms with Crippen LogP contribution in [0.3, 0.4) is 0 Å². The van der Waals surface area contributed by atoms with Gasteiger partial charge in [0, 0.05) is 31.3 Å². The molecule has 2 aromatic rings. The van der Waals surface area contributed by atoms with E-state index >= 15 is 0 Å². The molecule has 1 heterocycles. The van der Waals surface area contributed by atoms with Crippen molar-refractivity contribution in [1.29, 1.82) is 0 Å². The van der Waals surface area contributed by atoms with Crippen LogP contribution in [0.2, 0.25) is 0 Å². The lowest BCUT2D eigenvalue weighted by Gasteiger charge is -2.25. The Labute approximate surface area is 180 Å². The number of hydroxylamine groups is 1. The molecule has 162 valence electrons. The van der Waals surface area contributed by atoms with Crippen LogP contribution in [0.15, 0.2) is 60.7 Å². The van der Waals surface area contributed by atoms with Crippen molar-refractivity contribution >= 4 is 23.9 Å². The lowest BCUT2D eigenvalue weighted by molar-refractivity contribution is -0.124. The number of rotatable bonds is 7. The molecular weight excluding hydrogens is 398 g/mol. The van der Waals surface area contributed by atoms with Crippen molar-refractivity contribution in [2.75, 3.05) is 13.2 Å². The molecule has 2 aromatic carbocycles. The van der Waals surface area contributed by atoms with Crippen molar-refractivity contribution in [3.05, 3.63) is 77.4 Å². The summed E-state index contributed by atoms with van der Waals surface area (Å²) in [7, 11) is 0. The zero-order valence-corrected chi connectivity index (χ0v) is 17.0. The standard InChI is InChI=1S/C23H25N3O5/c27-21(25-30)13-12-17-8-10-18(11-9-17)15-26(16-20-7-4-14-31-20)23(29)24-22(28)19-5-2-1-3-6-19/h1-3,5-6,8-13,20,30H,4,7,14-16H2,(H,25,27)(H,24,28,29)/b13-12+. The van der Waals surface area contributed by atoms with Crippen LogP contribution in [0.4, 0.5) is 4.79 Å². The van der Waals surface area contributed by atoms with Crippen molar-refractivity contribution in [2.24, 2.45) is 0 Å². The Balaban J connectivity index is 1.68. The number of hydrogen-bond donors (Lipinski definition) is 3. The second kappa shape index (κ2) is 11.1. The summed E-state index contributed by atoms with van der Waals surface area (Å²) in [6.45, 7) is 1.35. The Bertz CT molecular complexity index is 922. The molecule has 1 atom stereocenters. The molecule has 4 amide bonds. The third-order valence-electron chi connectivity index (χ3n) is 4.88. The summed E-state index contributed by atoms with van der Waals surface area (Å²) >= 11 is 0. The fourth-order valence-electron chi connectivity index (χ4n) is 3.26. The minimum Gasteiger partial charge on any atom is -0.376 e. The third kappa shape index (κ3) is 6.77. The zero-order valence-electron chi connectivity index (χ0n) is 17.0. The Morgan fingerprint density at radius 1 is 1.10 bits per heavy atom. The highest BCUT2D eigenvalue weighted by atomic mass is 16.5. The number of imide groups is 1. The summed E-state index contributed by atoms with van der Waals surface area (Å²) in [5.74, 6) is -1.07. The Morgan fingerprint density at radius 2 is 1.84 bits per heavy atom. The Hall–Kier alpha value is -3.49. The van der Waals surface area contributed by atoms with Gasteiger partial charge in [0.05, 0.1) is 6.10 Å². The molecule has 1 aliphatic rings. The molecule has 0 bridgehead atoms. The zero-order chi connectivity index (χ0) is 22.1. The number of carbonyl (C=O) groups is 3. The molecule has 1 fully saturated rings. The topological polar surface area (TPSA) is 108 Å². The molecule has 0 spiro atoms. The number of nitrogens with one attached hydrogen (secondary N) is 2. The Kier molecular flexibility index (Phi) is 7.91. The van der Waals surface area contributed by atoms with E-state index < -0.39 is 17.8 Å². The molecule has 8 heteroatoms. The van der Waals surface area contributed by atoms with Crippen LogP contribution < -0.4 is 10.8 Å². The largest absolute Gasteiger partial charge is 0.376 e. The van der Waals surface area contributed by atoms with Gasteiger partial charge in [-0.1, -0.05) is 42.5 Å². The maximum atomic E-state index is 12.9. The van der Waals surface area contributed by atoms with Crippen LogP contribution in [-0.2, 0) is 16.1 Å². The summed E-state index contributed by atoms with van der Waals surface area (Å²) in [6.07, 6.45) is 4.53. The van der Waals surface area contributed by atoms with Crippen LogP contribution in [0, 0.1) is 0 Å². The van der Waals surface area contributed by atoms with Crippen LogP contribution in [-0.4, -0.2) is 47.2 Å². The predicted molar refractivity (Wildman–Crippen MR) is 114 cm³/mol. The van der Waals surface area contributed by atoms with Gasteiger partial charge in [0.1, 0.15) is 0 Å². The minimum atomic E-state index is -0.619. The molecule has 0 radical (unpaired) electrons. The van der Waals surface area contributed by atoms with Crippen LogP contribution in [0.5, 0.6) is 0 Å². The first-order chi connectivity index (χ1) is 15.0. The molecule has 1 unspecified atom stereocenters. The average molecular weight is 423 g/mol. The van der Waals surface area contributed by atoms with Gasteiger partial charge >= 0.3 is 6.03 Å². The molecule has 31 heavy (non-hydrogen) atoms. The molecule has 3 rings (SSSR count). The Morgan fingerprint density at radius 3 is 2.48 bits per heavy atom. The first-order valence-electron chi connectivity index (χ1n) is 10.0. The highest BCUT2D eigenvalue weighted by Crippen LogP contribution is 2.16. The molecule has 0 aromatic heterocycles. The van der Waals surface area contributed by atoms with Crippen molar-refractivity contribution in [3.63, 3.8) is 0 Å². The van der Waals surface area contributed by atoms with Gasteiger partial charge in [-0.2, -0.15) is 0 Å². The highest BCUT2D eigenvalue weighted by Gasteiger charge is 2.24. The van der Waals surface area contributed by atoms with Gasteiger partial charge in [-0.3, -0.25) is 20.1 Å². The van der Waals surface area contributed by atoms with Gasteiger partial charge in [-0.05, 0) is 42.2 Å². The van der Waals surface area contributed by atoms with Gasteiger partial charge < -0.3 is 9.64 Å². The fraction of sp³-hybridized carbons (Fsp3) is 0.261. The van der Waals surface area contributed by atoms with E-state index in [1.54, 1.807) is 53.4 Å². The van der Waals surface area contributed by atoms with Crippen LogP contribution >= 0.6 is 0 Å². The number of carbonyl (C=O) groups excluding carboxylic acids is 3. The number of urea groups is 1. The minimum absolute atomic E-state index is 0.0585. The van der Waals surface area contributed by atoms with Crippen molar-refractivity contribution in [2.45, 2.75) is 25.5 Å². The van der Waals surface area contributed by atoms with Crippen LogP contribution in [0.25, 0.3) is 6.08 Å². The molecule has 0 aliphatic carbocycles. The van der Waals surface area contributed by atoms with E-state index in [4.69, 9.17) is 9.94 Å². The van der Waals surface area contributed by atoms with E-state index in [9.17, 15) is 14.4 Å². The number of nitrogens with zero attached hydrogens (tertiary/aromatic N) is 1. The van der Waals surface area contributed by atoms with E-state index in [1.165, 1.54) is 11.6 Å². The summed E-state index contributed by atoms with van der Waals surface area (Å²) in [6, 6.07) is 15.4. The van der Waals surface area contributed by atoms with Crippen molar-refractivity contribution in [1.82, 2.24) is 15.7 Å². The van der Waals surface area contributed by atoms with Crippen molar-refractivity contribution < 1.29 is 24.3 Å². The third-order valence-corrected chi connectivity index (χ3v) is 4.88. The summed E-state index contributed by atoms with van der Waals surface area (Å²) in [4.78, 5) is 37.9. The fourth-order valence-corrected chi connectivity index (χ4v) is 3.26.